The van der Waals surface area contributed by atoms with Gasteiger partial charge >= 0.3 is 8.56 Å². The highest BCUT2D eigenvalue weighted by atomic mass is 28.5. The van der Waals surface area contributed by atoms with Gasteiger partial charge in [0.15, 0.2) is 42.3 Å². The minimum Gasteiger partial charge on any atom is -0.456 e. The summed E-state index contributed by atoms with van der Waals surface area (Å²) in [6, 6.07) is 15.3. The molecule has 0 radical (unpaired) electrons. The zero-order chi connectivity index (χ0) is 26.8. The summed E-state index contributed by atoms with van der Waals surface area (Å²) in [5.74, 6) is 0. The van der Waals surface area contributed by atoms with Crippen LogP contribution in [0.4, 0.5) is 0 Å². The highest BCUT2D eigenvalue weighted by molar-refractivity contribution is 6.95. The lowest BCUT2D eigenvalue weighted by molar-refractivity contribution is -0.0980. The Morgan fingerprint density at radius 2 is 1.12 bits per heavy atom. The van der Waals surface area contributed by atoms with Crippen LogP contribution in [0.3, 0.4) is 0 Å². The fourth-order valence-corrected chi connectivity index (χ4v) is 32.2. The van der Waals surface area contributed by atoms with Crippen LogP contribution < -0.4 is 5.19 Å². The average Bonchev–Trinajstić information content (AvgIpc) is 2.70. The Balaban J connectivity index is 0.00000529. The van der Waals surface area contributed by atoms with Crippen LogP contribution in [-0.4, -0.2) is 64.8 Å². The van der Waals surface area contributed by atoms with Crippen LogP contribution in [0.1, 0.15) is 0 Å². The van der Waals surface area contributed by atoms with Gasteiger partial charge in [0.2, 0.25) is 0 Å². The Kier molecular flexibility index (Phi) is 14.1. The highest BCUT2D eigenvalue weighted by Crippen LogP contribution is 2.30. The minimum absolute atomic E-state index is 1.08. The van der Waals surface area contributed by atoms with E-state index in [0.29, 0.717) is 0 Å². The molecule has 0 aliphatic rings. The van der Waals surface area contributed by atoms with Crippen molar-refractivity contribution in [2.45, 2.75) is 96.2 Å². The van der Waals surface area contributed by atoms with Gasteiger partial charge < -0.3 is 21.6 Å². The number of benzene rings is 1. The van der Waals surface area contributed by atoms with E-state index >= 15 is 0 Å². The van der Waals surface area contributed by atoms with Crippen LogP contribution in [-0.2, 0) is 21.6 Å². The minimum atomic E-state index is -2.54. The van der Waals surface area contributed by atoms with Gasteiger partial charge in [0, 0.05) is 7.11 Å². The van der Waals surface area contributed by atoms with E-state index in [1.807, 2.05) is 13.9 Å². The molecule has 0 saturated heterocycles. The van der Waals surface area contributed by atoms with E-state index in [4.69, 9.17) is 21.6 Å². The third-order valence-electron chi connectivity index (χ3n) is 5.71. The number of rotatable bonds is 14. The normalized spacial score (nSPS) is 15.8. The maximum absolute atomic E-state index is 8.00. The summed E-state index contributed by atoms with van der Waals surface area (Å²) in [6.45, 7) is 27.7. The number of carbonyl (C=O) groups excluding carboxylic acids is 1. The second kappa shape index (κ2) is 14.1. The van der Waals surface area contributed by atoms with Gasteiger partial charge in [0.05, 0.1) is 0 Å². The van der Waals surface area contributed by atoms with Crippen LogP contribution in [0.15, 0.2) is 30.3 Å². The lowest BCUT2D eigenvalue weighted by atomic mass is 10.4. The average molecular weight is 577 g/mol. The van der Waals surface area contributed by atoms with Crippen LogP contribution in [0, 0.1) is 0 Å². The molecule has 34 heavy (non-hydrogen) atoms. The summed E-state index contributed by atoms with van der Waals surface area (Å²) < 4.78 is 26.5. The first-order valence-electron chi connectivity index (χ1n) is 12.4. The highest BCUT2D eigenvalue weighted by Gasteiger charge is 2.45. The maximum Gasteiger partial charge on any atom is 0.348 e. The molecule has 2 unspecified atom stereocenters. The molecule has 0 N–H and O–H groups in total. The molecular formula is C23H52O5Si6. The second-order valence-electron chi connectivity index (χ2n) is 12.1. The van der Waals surface area contributed by atoms with Crippen molar-refractivity contribution in [3.8, 4) is 0 Å². The summed E-state index contributed by atoms with van der Waals surface area (Å²) in [6.07, 6.45) is 0. The van der Waals surface area contributed by atoms with Gasteiger partial charge in [-0.1, -0.05) is 30.3 Å². The van der Waals surface area contributed by atoms with Gasteiger partial charge in [-0.05, 0) is 101 Å². The summed E-state index contributed by atoms with van der Waals surface area (Å²) in [4.78, 5) is 8.00. The van der Waals surface area contributed by atoms with E-state index in [-0.39, 0.29) is 0 Å². The van der Waals surface area contributed by atoms with Crippen molar-refractivity contribution in [3.63, 3.8) is 0 Å². The van der Waals surface area contributed by atoms with Gasteiger partial charge in [-0.25, -0.2) is 0 Å². The molecular weight excluding hydrogens is 525 g/mol. The monoisotopic (exact) mass is 576 g/mol. The number of carbonyl (C=O) groups is 1. The number of hydrogen-bond acceptors (Lipinski definition) is 5. The molecule has 0 spiro atoms. The van der Waals surface area contributed by atoms with Crippen LogP contribution in [0.25, 0.3) is 0 Å². The van der Waals surface area contributed by atoms with E-state index in [0.717, 1.165) is 18.1 Å². The maximum atomic E-state index is 8.00. The molecule has 198 valence electrons. The van der Waals surface area contributed by atoms with Crippen molar-refractivity contribution in [1.29, 1.82) is 0 Å². The molecule has 1 rings (SSSR count). The fraction of sp³-hybridized carbons (Fsp3) is 0.696. The molecule has 0 heterocycles. The second-order valence-corrected chi connectivity index (χ2v) is 36.0. The van der Waals surface area contributed by atoms with Crippen molar-refractivity contribution in [1.82, 2.24) is 0 Å². The first-order chi connectivity index (χ1) is 15.4. The predicted octanol–water partition coefficient (Wildman–Crippen LogP) is 6.28. The van der Waals surface area contributed by atoms with Crippen molar-refractivity contribution >= 4 is 62.8 Å². The molecule has 0 saturated carbocycles. The molecule has 11 heteroatoms. The molecule has 0 amide bonds. The predicted molar refractivity (Wildman–Crippen MR) is 163 cm³/mol. The molecule has 1 aromatic rings. The van der Waals surface area contributed by atoms with Crippen LogP contribution in [0.5, 0.6) is 0 Å². The van der Waals surface area contributed by atoms with Crippen molar-refractivity contribution in [3.05, 3.63) is 30.3 Å². The lowest BCUT2D eigenvalue weighted by Gasteiger charge is -2.42. The number of hydrogen-bond donors (Lipinski definition) is 0. The van der Waals surface area contributed by atoms with E-state index in [9.17, 15) is 0 Å². The smallest absolute Gasteiger partial charge is 0.348 e. The fourth-order valence-electron chi connectivity index (χ4n) is 4.19. The summed E-state index contributed by atoms with van der Waals surface area (Å²) >= 11 is 0. The Labute approximate surface area is 217 Å². The third kappa shape index (κ3) is 13.9. The Bertz CT molecular complexity index is 712. The van der Waals surface area contributed by atoms with Crippen LogP contribution in [0.2, 0.25) is 96.2 Å². The van der Waals surface area contributed by atoms with Crippen LogP contribution >= 0.6 is 0 Å². The molecule has 0 aliphatic carbocycles. The zero-order valence-electron chi connectivity index (χ0n) is 24.0. The quantitative estimate of drug-likeness (QED) is 0.244. The van der Waals surface area contributed by atoms with Crippen molar-refractivity contribution < 1.29 is 21.6 Å². The summed E-state index contributed by atoms with van der Waals surface area (Å²) in [7, 11) is -8.82. The first-order valence-corrected chi connectivity index (χ1v) is 29.9. The Morgan fingerprint density at radius 1 is 0.706 bits per heavy atom. The summed E-state index contributed by atoms with van der Waals surface area (Å²) in [5.41, 5.74) is 0. The molecule has 0 aliphatic heterocycles. The molecule has 0 aromatic heterocycles. The van der Waals surface area contributed by atoms with E-state index in [1.54, 1.807) is 0 Å². The molecule has 1 aromatic carbocycles. The molecule has 2 atom stereocenters. The molecule has 0 bridgehead atoms. The standard InChI is InChI=1S/C22H50O4Si6.CH2O/c1-23-27(2)18-19-29(6,7)25-32(12,22-16-14-13-15-17-22)26-31(10,11)21-20-30(8,9)24-28(3,4)5;1-2/h13-17,27H,18-21H2,1-12H3;1H2. The first kappa shape index (κ1) is 34.0. The SMILES string of the molecule is C=O.CO[SiH](C)CC[Si](C)(C)O[Si](C)(O[Si](C)(C)CC[Si](C)(C)O[Si](C)(C)C)c1ccccc1. The third-order valence-corrected chi connectivity index (χ3v) is 26.7. The zero-order valence-corrected chi connectivity index (χ0v) is 30.2. The van der Waals surface area contributed by atoms with Crippen molar-refractivity contribution in [2.75, 3.05) is 7.11 Å². The topological polar surface area (TPSA) is 54.0 Å². The van der Waals surface area contributed by atoms with Gasteiger partial charge in [-0.2, -0.15) is 0 Å². The van der Waals surface area contributed by atoms with Gasteiger partial charge in [0.1, 0.15) is 6.79 Å². The largest absolute Gasteiger partial charge is 0.456 e. The van der Waals surface area contributed by atoms with Crippen molar-refractivity contribution in [2.24, 2.45) is 0 Å². The lowest BCUT2D eigenvalue weighted by Crippen LogP contribution is -2.61. The Morgan fingerprint density at radius 3 is 1.53 bits per heavy atom. The molecule has 0 fully saturated rings. The molecule has 5 nitrogen and oxygen atoms in total. The van der Waals surface area contributed by atoms with E-state index in [2.05, 4.69) is 102 Å². The Hall–Kier alpha value is 0.0313. The van der Waals surface area contributed by atoms with Gasteiger partial charge in [-0.15, -0.1) is 0 Å². The van der Waals surface area contributed by atoms with Gasteiger partial charge in [0.25, 0.3) is 0 Å². The summed E-state index contributed by atoms with van der Waals surface area (Å²) in [5, 5.41) is 1.26. The van der Waals surface area contributed by atoms with E-state index < -0.39 is 50.9 Å². The van der Waals surface area contributed by atoms with Gasteiger partial charge in [-0.3, -0.25) is 0 Å². The van der Waals surface area contributed by atoms with E-state index in [1.165, 1.54) is 11.2 Å².